The predicted molar refractivity (Wildman–Crippen MR) is 113 cm³/mol. The van der Waals surface area contributed by atoms with Crippen LogP contribution in [0.3, 0.4) is 0 Å². The van der Waals surface area contributed by atoms with Crippen LogP contribution in [0.25, 0.3) is 11.2 Å². The van der Waals surface area contributed by atoms with Gasteiger partial charge in [-0.1, -0.05) is 42.5 Å². The monoisotopic (exact) mass is 443 g/mol. The molecule has 0 amide bonds. The summed E-state index contributed by atoms with van der Waals surface area (Å²) in [4.78, 5) is 19.0. The summed E-state index contributed by atoms with van der Waals surface area (Å²) in [6.07, 6.45) is -2.70. The number of nitrogens with one attached hydrogen (secondary N) is 1. The molecule has 0 saturated heterocycles. The van der Waals surface area contributed by atoms with Crippen LogP contribution in [-0.2, 0) is 19.6 Å². The van der Waals surface area contributed by atoms with Gasteiger partial charge in [-0.2, -0.15) is 13.2 Å². The number of fused-ring (bicyclic) bond motifs is 1. The van der Waals surface area contributed by atoms with Crippen molar-refractivity contribution in [3.63, 3.8) is 0 Å². The number of halogens is 3. The number of ether oxygens (including phenoxy) is 2. The molecule has 4 aromatic rings. The maximum absolute atomic E-state index is 12.3. The number of aryl methyl sites for hydroxylation is 2. The minimum atomic E-state index is -4.45. The van der Waals surface area contributed by atoms with E-state index >= 15 is 0 Å². The van der Waals surface area contributed by atoms with Crippen molar-refractivity contribution in [2.45, 2.75) is 25.7 Å². The zero-order valence-electron chi connectivity index (χ0n) is 16.9. The molecule has 0 radical (unpaired) electrons. The zero-order chi connectivity index (χ0) is 22.6. The van der Waals surface area contributed by atoms with Gasteiger partial charge in [-0.3, -0.25) is 4.57 Å². The number of imidazole rings is 1. The van der Waals surface area contributed by atoms with Gasteiger partial charge in [0.1, 0.15) is 18.1 Å². The number of rotatable bonds is 8. The number of aromatic amines is 1. The Bertz CT molecular complexity index is 1230. The molecule has 0 atom stereocenters. The van der Waals surface area contributed by atoms with E-state index in [1.807, 2.05) is 54.6 Å². The Balaban J connectivity index is 1.38. The molecule has 4 rings (SSSR count). The van der Waals surface area contributed by atoms with Crippen LogP contribution < -0.4 is 15.2 Å². The van der Waals surface area contributed by atoms with Crippen LogP contribution in [0.2, 0.25) is 0 Å². The van der Waals surface area contributed by atoms with E-state index in [9.17, 15) is 18.0 Å². The zero-order valence-corrected chi connectivity index (χ0v) is 16.9. The molecule has 0 saturated carbocycles. The average molecular weight is 443 g/mol. The van der Waals surface area contributed by atoms with Gasteiger partial charge < -0.3 is 14.5 Å². The lowest BCUT2D eigenvalue weighted by atomic mass is 10.1. The number of hydrogen-bond acceptors (Lipinski definition) is 4. The van der Waals surface area contributed by atoms with Crippen molar-refractivity contribution >= 4 is 11.2 Å². The molecule has 0 spiro atoms. The van der Waals surface area contributed by atoms with E-state index in [-0.39, 0.29) is 11.4 Å². The molecule has 0 aliphatic carbocycles. The highest BCUT2D eigenvalue weighted by atomic mass is 19.4. The van der Waals surface area contributed by atoms with Gasteiger partial charge in [0.15, 0.2) is 12.3 Å². The number of H-pyrrole nitrogens is 1. The molecular formula is C23H20F3N3O3. The summed E-state index contributed by atoms with van der Waals surface area (Å²) in [6, 6.07) is 18.8. The lowest BCUT2D eigenvalue weighted by molar-refractivity contribution is -0.153. The molecule has 1 N–H and O–H groups in total. The Kier molecular flexibility index (Phi) is 6.16. The summed E-state index contributed by atoms with van der Waals surface area (Å²) in [5.41, 5.74) is 2.37. The lowest BCUT2D eigenvalue weighted by Crippen LogP contribution is -2.19. The first-order valence-electron chi connectivity index (χ1n) is 9.91. The highest BCUT2D eigenvalue weighted by molar-refractivity contribution is 5.72. The molecule has 32 heavy (non-hydrogen) atoms. The summed E-state index contributed by atoms with van der Waals surface area (Å²) in [5.74, 6) is 0.684. The Labute approximate surface area is 181 Å². The molecule has 2 aromatic heterocycles. The van der Waals surface area contributed by atoms with Gasteiger partial charge in [-0.25, -0.2) is 9.78 Å². The van der Waals surface area contributed by atoms with Crippen LogP contribution in [0.4, 0.5) is 13.2 Å². The first kappa shape index (κ1) is 21.5. The van der Waals surface area contributed by atoms with Gasteiger partial charge in [0.2, 0.25) is 0 Å². The Hall–Kier alpha value is -3.75. The van der Waals surface area contributed by atoms with Gasteiger partial charge >= 0.3 is 11.9 Å². The number of hydrogen-bond donors (Lipinski definition) is 1. The van der Waals surface area contributed by atoms with Crippen LogP contribution in [0.5, 0.6) is 11.5 Å². The van der Waals surface area contributed by atoms with Crippen molar-refractivity contribution in [1.29, 1.82) is 0 Å². The van der Waals surface area contributed by atoms with E-state index in [1.54, 1.807) is 0 Å². The Morgan fingerprint density at radius 2 is 1.69 bits per heavy atom. The van der Waals surface area contributed by atoms with Crippen LogP contribution in [0.15, 0.2) is 71.7 Å². The van der Waals surface area contributed by atoms with E-state index in [0.717, 1.165) is 16.9 Å². The molecule has 0 aliphatic rings. The van der Waals surface area contributed by atoms with Gasteiger partial charge in [0.05, 0.1) is 11.7 Å². The van der Waals surface area contributed by atoms with Crippen molar-refractivity contribution in [2.24, 2.45) is 0 Å². The normalized spacial score (nSPS) is 11.6. The number of alkyl halides is 3. The third kappa shape index (κ3) is 5.48. The molecule has 0 fully saturated rings. The molecule has 2 aromatic carbocycles. The van der Waals surface area contributed by atoms with Gasteiger partial charge in [0, 0.05) is 12.6 Å². The SMILES string of the molecule is O=c1[nH]c2cc(OCC(F)(F)F)cnc2n1CCc1ccc(OCc2ccccc2)cc1. The molecular weight excluding hydrogens is 423 g/mol. The highest BCUT2D eigenvalue weighted by Crippen LogP contribution is 2.21. The summed E-state index contributed by atoms with van der Waals surface area (Å²) in [7, 11) is 0. The van der Waals surface area contributed by atoms with Gasteiger partial charge in [0.25, 0.3) is 0 Å². The van der Waals surface area contributed by atoms with Crippen molar-refractivity contribution < 1.29 is 22.6 Å². The van der Waals surface area contributed by atoms with Crippen LogP contribution in [-0.4, -0.2) is 27.3 Å². The van der Waals surface area contributed by atoms with E-state index in [4.69, 9.17) is 4.74 Å². The molecule has 9 heteroatoms. The van der Waals surface area contributed by atoms with Crippen LogP contribution in [0.1, 0.15) is 11.1 Å². The minimum Gasteiger partial charge on any atom is -0.489 e. The standard InChI is InChI=1S/C23H20F3N3O3/c24-23(25,26)15-32-19-12-20-21(27-13-19)29(22(30)28-20)11-10-16-6-8-18(9-7-16)31-14-17-4-2-1-3-5-17/h1-9,12-13H,10-11,14-15H2,(H,28,30). The summed E-state index contributed by atoms with van der Waals surface area (Å²) < 4.78 is 48.9. The topological polar surface area (TPSA) is 69.1 Å². The quantitative estimate of drug-likeness (QED) is 0.436. The number of pyridine rings is 1. The van der Waals surface area contributed by atoms with E-state index < -0.39 is 12.8 Å². The lowest BCUT2D eigenvalue weighted by Gasteiger charge is -2.09. The molecule has 2 heterocycles. The largest absolute Gasteiger partial charge is 0.489 e. The molecule has 166 valence electrons. The van der Waals surface area contributed by atoms with Crippen molar-refractivity contribution in [2.75, 3.05) is 6.61 Å². The maximum atomic E-state index is 12.3. The second-order valence-electron chi connectivity index (χ2n) is 7.20. The fourth-order valence-corrected chi connectivity index (χ4v) is 3.21. The van der Waals surface area contributed by atoms with Crippen molar-refractivity contribution in [3.8, 4) is 11.5 Å². The Morgan fingerprint density at radius 1 is 0.938 bits per heavy atom. The van der Waals surface area contributed by atoms with E-state index in [1.165, 1.54) is 16.8 Å². The molecule has 6 nitrogen and oxygen atoms in total. The molecule has 0 unspecified atom stereocenters. The second kappa shape index (κ2) is 9.17. The third-order valence-corrected chi connectivity index (χ3v) is 4.78. The third-order valence-electron chi connectivity index (χ3n) is 4.78. The fourth-order valence-electron chi connectivity index (χ4n) is 3.21. The highest BCUT2D eigenvalue weighted by Gasteiger charge is 2.28. The van der Waals surface area contributed by atoms with E-state index in [2.05, 4.69) is 14.7 Å². The summed E-state index contributed by atoms with van der Waals surface area (Å²) in [6.45, 7) is -0.583. The predicted octanol–water partition coefficient (Wildman–Crippen LogP) is 4.49. The molecule has 0 bridgehead atoms. The first-order chi connectivity index (χ1) is 15.4. The van der Waals surface area contributed by atoms with E-state index in [0.29, 0.717) is 30.7 Å². The smallest absolute Gasteiger partial charge is 0.422 e. The van der Waals surface area contributed by atoms with Crippen molar-refractivity contribution in [1.82, 2.24) is 14.5 Å². The van der Waals surface area contributed by atoms with Crippen molar-refractivity contribution in [3.05, 3.63) is 88.5 Å². The molecule has 0 aliphatic heterocycles. The number of nitrogens with zero attached hydrogens (tertiary/aromatic N) is 2. The maximum Gasteiger partial charge on any atom is 0.422 e. The average Bonchev–Trinajstić information content (AvgIpc) is 3.10. The number of aromatic nitrogens is 3. The summed E-state index contributed by atoms with van der Waals surface area (Å²) in [5, 5.41) is 0. The first-order valence-corrected chi connectivity index (χ1v) is 9.91. The summed E-state index contributed by atoms with van der Waals surface area (Å²) >= 11 is 0. The minimum absolute atomic E-state index is 0.0608. The van der Waals surface area contributed by atoms with Crippen LogP contribution in [0, 0.1) is 0 Å². The Morgan fingerprint density at radius 3 is 2.41 bits per heavy atom. The second-order valence-corrected chi connectivity index (χ2v) is 7.20. The fraction of sp³-hybridized carbons (Fsp3) is 0.217. The number of benzene rings is 2. The van der Waals surface area contributed by atoms with Gasteiger partial charge in [-0.05, 0) is 29.7 Å². The van der Waals surface area contributed by atoms with Gasteiger partial charge in [-0.15, -0.1) is 0 Å². The van der Waals surface area contributed by atoms with Crippen LogP contribution >= 0.6 is 0 Å².